The maximum absolute atomic E-state index is 14.6. The van der Waals surface area contributed by atoms with E-state index in [1.807, 2.05) is 31.2 Å². The molecule has 7 nitrogen and oxygen atoms in total. The van der Waals surface area contributed by atoms with Crippen LogP contribution in [0, 0.1) is 11.3 Å². The molecule has 3 fully saturated rings. The fraction of sp³-hybridized carbons (Fsp3) is 0.667. The van der Waals surface area contributed by atoms with Gasteiger partial charge in [0, 0.05) is 31.9 Å². The van der Waals surface area contributed by atoms with E-state index in [0.29, 0.717) is 13.2 Å². The van der Waals surface area contributed by atoms with E-state index in [2.05, 4.69) is 18.7 Å². The molecule has 1 aromatic rings. The third-order valence-corrected chi connectivity index (χ3v) is 7.94. The highest BCUT2D eigenvalue weighted by molar-refractivity contribution is 7.93. The average Bonchev–Trinajstić information content (AvgIpc) is 2.95. The summed E-state index contributed by atoms with van der Waals surface area (Å²) in [6, 6.07) is 7.34. The molecule has 0 saturated carbocycles. The van der Waals surface area contributed by atoms with Crippen LogP contribution in [0.5, 0.6) is 5.75 Å². The van der Waals surface area contributed by atoms with Crippen molar-refractivity contribution in [3.8, 4) is 5.75 Å². The normalized spacial score (nSPS) is 23.5. The van der Waals surface area contributed by atoms with E-state index >= 15 is 0 Å². The van der Waals surface area contributed by atoms with Gasteiger partial charge in [-0.3, -0.25) is 4.79 Å². The molecule has 2 bridgehead atoms. The number of anilines is 1. The molecule has 3 aliphatic rings. The second-order valence-corrected chi connectivity index (χ2v) is 11.1. The summed E-state index contributed by atoms with van der Waals surface area (Å²) in [7, 11) is -4.97. The lowest BCUT2D eigenvalue weighted by Crippen LogP contribution is -2.55. The molecule has 2 atom stereocenters. The minimum atomic E-state index is -4.97. The van der Waals surface area contributed by atoms with Gasteiger partial charge < -0.3 is 20.3 Å². The van der Waals surface area contributed by atoms with E-state index in [1.54, 1.807) is 0 Å². The number of carbonyl (C=O) groups excluding carboxylic acids is 1. The predicted octanol–water partition coefficient (Wildman–Crippen LogP) is 2.11. The highest BCUT2D eigenvalue weighted by atomic mass is 32.2. The van der Waals surface area contributed by atoms with E-state index in [4.69, 9.17) is 10.5 Å². The molecule has 3 aliphatic heterocycles. The maximum Gasteiger partial charge on any atom is 0.421 e. The molecular weight excluding hydrogens is 428 g/mol. The second-order valence-electron chi connectivity index (χ2n) is 8.99. The summed E-state index contributed by atoms with van der Waals surface area (Å²) < 4.78 is 58.8. The Morgan fingerprint density at radius 2 is 1.87 bits per heavy atom. The largest absolute Gasteiger partial charge is 0.494 e. The average molecular weight is 460 g/mol. The van der Waals surface area contributed by atoms with Gasteiger partial charge >= 0.3 is 11.2 Å². The number of hydrogen-bond acceptors (Lipinski definition) is 6. The van der Waals surface area contributed by atoms with Crippen LogP contribution in [0.15, 0.2) is 24.3 Å². The van der Waals surface area contributed by atoms with Crippen LogP contribution in [0.25, 0.3) is 0 Å². The molecule has 1 aromatic carbocycles. The first-order valence-corrected chi connectivity index (χ1v) is 12.2. The third-order valence-electron chi connectivity index (χ3n) is 6.21. The molecular formula is C21H31F2N3O4S. The Balaban J connectivity index is 1.89. The second kappa shape index (κ2) is 8.54. The quantitative estimate of drug-likeness (QED) is 0.672. The topological polar surface area (TPSA) is 92.9 Å². The van der Waals surface area contributed by atoms with Gasteiger partial charge in [0.25, 0.3) is 0 Å². The molecule has 3 saturated heterocycles. The van der Waals surface area contributed by atoms with Crippen molar-refractivity contribution < 1.29 is 26.7 Å². The molecule has 31 heavy (non-hydrogen) atoms. The molecule has 3 heterocycles. The molecule has 2 N–H and O–H groups in total. The number of piperidine rings is 1. The number of fused-ring (bicyclic) bond motifs is 4. The van der Waals surface area contributed by atoms with Crippen molar-refractivity contribution in [2.24, 2.45) is 17.1 Å². The minimum absolute atomic E-state index is 0.0310. The molecule has 0 aliphatic carbocycles. The van der Waals surface area contributed by atoms with E-state index in [-0.39, 0.29) is 30.5 Å². The van der Waals surface area contributed by atoms with Crippen molar-refractivity contribution in [3.05, 3.63) is 24.3 Å². The Morgan fingerprint density at radius 1 is 1.23 bits per heavy atom. The van der Waals surface area contributed by atoms with E-state index in [9.17, 15) is 22.0 Å². The van der Waals surface area contributed by atoms with Crippen molar-refractivity contribution in [1.29, 1.82) is 0 Å². The molecule has 0 aromatic heterocycles. The standard InChI is InChI=1S/C21H31F2N3O4S/c1-4-30-17-7-5-16(6-8-17)26-13-15-11-20(2,3)18(26)14-25(12-15)19(27)21(22,23)31(28,29)10-9-24/h5-8,15,18H,4,9-14,24H2,1-3H3. The fourth-order valence-electron chi connectivity index (χ4n) is 4.79. The van der Waals surface area contributed by atoms with E-state index < -0.39 is 33.3 Å². The van der Waals surface area contributed by atoms with E-state index in [0.717, 1.165) is 22.8 Å². The zero-order valence-corrected chi connectivity index (χ0v) is 19.0. The minimum Gasteiger partial charge on any atom is -0.494 e. The number of benzene rings is 1. The highest BCUT2D eigenvalue weighted by Crippen LogP contribution is 2.44. The Labute approximate surface area is 182 Å². The Kier molecular flexibility index (Phi) is 6.53. The summed E-state index contributed by atoms with van der Waals surface area (Å²) in [5.74, 6) is -1.90. The Bertz CT molecular complexity index is 906. The number of ether oxygens (including phenoxy) is 1. The SMILES string of the molecule is CCOc1ccc(N2CC3CN(C(=O)C(F)(F)S(=O)(=O)CCN)CC2C(C)(C)C3)cc1. The van der Waals surface area contributed by atoms with Crippen LogP contribution in [-0.2, 0) is 14.6 Å². The van der Waals surface area contributed by atoms with Crippen molar-refractivity contribution in [3.63, 3.8) is 0 Å². The van der Waals surface area contributed by atoms with Crippen LogP contribution in [0.3, 0.4) is 0 Å². The zero-order valence-electron chi connectivity index (χ0n) is 18.2. The van der Waals surface area contributed by atoms with Gasteiger partial charge in [0.2, 0.25) is 9.84 Å². The van der Waals surface area contributed by atoms with Crippen molar-refractivity contribution in [2.75, 3.05) is 43.4 Å². The van der Waals surface area contributed by atoms with Gasteiger partial charge in [0.1, 0.15) is 5.75 Å². The number of nitrogens with two attached hydrogens (primary N) is 1. The summed E-state index contributed by atoms with van der Waals surface area (Å²) in [6.45, 7) is 6.84. The summed E-state index contributed by atoms with van der Waals surface area (Å²) >= 11 is 0. The van der Waals surface area contributed by atoms with Crippen LogP contribution in [0.2, 0.25) is 0 Å². The van der Waals surface area contributed by atoms with Crippen LogP contribution < -0.4 is 15.4 Å². The molecule has 1 amide bonds. The van der Waals surface area contributed by atoms with Crippen LogP contribution >= 0.6 is 0 Å². The van der Waals surface area contributed by atoms with Gasteiger partial charge in [0.15, 0.2) is 0 Å². The van der Waals surface area contributed by atoms with Gasteiger partial charge in [-0.05, 0) is 48.9 Å². The lowest BCUT2D eigenvalue weighted by molar-refractivity contribution is -0.147. The Morgan fingerprint density at radius 3 is 2.45 bits per heavy atom. The van der Waals surface area contributed by atoms with Crippen molar-refractivity contribution >= 4 is 21.4 Å². The predicted molar refractivity (Wildman–Crippen MR) is 115 cm³/mol. The molecule has 0 radical (unpaired) electrons. The number of rotatable bonds is 7. The molecule has 174 valence electrons. The third kappa shape index (κ3) is 4.50. The monoisotopic (exact) mass is 459 g/mol. The molecule has 4 rings (SSSR count). The van der Waals surface area contributed by atoms with Crippen LogP contribution in [0.4, 0.5) is 14.5 Å². The summed E-state index contributed by atoms with van der Waals surface area (Å²) in [4.78, 5) is 15.9. The highest BCUT2D eigenvalue weighted by Gasteiger charge is 2.56. The van der Waals surface area contributed by atoms with E-state index in [1.165, 1.54) is 0 Å². The molecule has 2 unspecified atom stereocenters. The number of alkyl halides is 2. The molecule has 10 heteroatoms. The smallest absolute Gasteiger partial charge is 0.421 e. The van der Waals surface area contributed by atoms with Gasteiger partial charge in [-0.1, -0.05) is 13.8 Å². The fourth-order valence-corrected chi connectivity index (χ4v) is 5.75. The van der Waals surface area contributed by atoms with Gasteiger partial charge in [0.05, 0.1) is 18.4 Å². The Hall–Kier alpha value is -1.94. The number of halogens is 2. The number of hydrogen-bond donors (Lipinski definition) is 1. The van der Waals surface area contributed by atoms with Crippen molar-refractivity contribution in [2.45, 2.75) is 38.5 Å². The lowest BCUT2D eigenvalue weighted by Gasteiger charge is -2.48. The zero-order chi connectivity index (χ0) is 23.0. The summed E-state index contributed by atoms with van der Waals surface area (Å²) in [5, 5.41) is -4.48. The van der Waals surface area contributed by atoms with Crippen molar-refractivity contribution in [1.82, 2.24) is 4.90 Å². The van der Waals surface area contributed by atoms with Gasteiger partial charge in [-0.15, -0.1) is 0 Å². The van der Waals surface area contributed by atoms with Gasteiger partial charge in [-0.2, -0.15) is 8.78 Å². The molecule has 0 spiro atoms. The van der Waals surface area contributed by atoms with Gasteiger partial charge in [-0.25, -0.2) is 8.42 Å². The number of amides is 1. The summed E-state index contributed by atoms with van der Waals surface area (Å²) in [6.07, 6.45) is 0.760. The first-order valence-electron chi connectivity index (χ1n) is 10.5. The first-order chi connectivity index (χ1) is 14.4. The summed E-state index contributed by atoms with van der Waals surface area (Å²) in [5.41, 5.74) is 5.84. The number of sulfone groups is 1. The first kappa shape index (κ1) is 23.7. The number of nitrogens with zero attached hydrogens (tertiary/aromatic N) is 2. The van der Waals surface area contributed by atoms with Crippen LogP contribution in [0.1, 0.15) is 27.2 Å². The maximum atomic E-state index is 14.6. The number of carbonyl (C=O) groups is 1. The van der Waals surface area contributed by atoms with Crippen LogP contribution in [-0.4, -0.2) is 69.1 Å². The lowest BCUT2D eigenvalue weighted by atomic mass is 9.73.